The number of amides is 1. The van der Waals surface area contributed by atoms with Crippen molar-refractivity contribution >= 4 is 33.3 Å². The van der Waals surface area contributed by atoms with Gasteiger partial charge in [-0.2, -0.15) is 5.26 Å². The quantitative estimate of drug-likeness (QED) is 0.830. The maximum absolute atomic E-state index is 12.5. The number of aromatic nitrogens is 2. The van der Waals surface area contributed by atoms with E-state index in [1.54, 1.807) is 12.3 Å². The standard InChI is InChI=1S/C19H20BrN5O/c1-12-9-17(16(10-21)13(2)23-12)25-7-5-14(6-8-25)19(26)24-18-4-3-15(20)11-22-18/h3-4,9,11,14H,5-8H2,1-2H3,(H,22,24,26). The van der Waals surface area contributed by atoms with Gasteiger partial charge >= 0.3 is 0 Å². The van der Waals surface area contributed by atoms with E-state index in [9.17, 15) is 10.1 Å². The number of nitrogens with zero attached hydrogens (tertiary/aromatic N) is 4. The summed E-state index contributed by atoms with van der Waals surface area (Å²) in [6.45, 7) is 5.27. The molecule has 0 bridgehead atoms. The van der Waals surface area contributed by atoms with Crippen LogP contribution in [0.2, 0.25) is 0 Å². The fraction of sp³-hybridized carbons (Fsp3) is 0.368. The van der Waals surface area contributed by atoms with Gasteiger partial charge in [0.2, 0.25) is 5.91 Å². The molecule has 1 N–H and O–H groups in total. The number of carbonyl (C=O) groups is 1. The van der Waals surface area contributed by atoms with Crippen molar-refractivity contribution in [1.29, 1.82) is 5.26 Å². The average molecular weight is 414 g/mol. The number of piperidine rings is 1. The van der Waals surface area contributed by atoms with E-state index in [4.69, 9.17) is 0 Å². The average Bonchev–Trinajstić information content (AvgIpc) is 2.63. The predicted octanol–water partition coefficient (Wildman–Crippen LogP) is 3.58. The summed E-state index contributed by atoms with van der Waals surface area (Å²) >= 11 is 3.33. The minimum Gasteiger partial charge on any atom is -0.370 e. The van der Waals surface area contributed by atoms with Gasteiger partial charge in [-0.1, -0.05) is 0 Å². The molecule has 134 valence electrons. The zero-order valence-corrected chi connectivity index (χ0v) is 16.4. The van der Waals surface area contributed by atoms with Crippen molar-refractivity contribution in [2.75, 3.05) is 23.3 Å². The van der Waals surface area contributed by atoms with E-state index >= 15 is 0 Å². The van der Waals surface area contributed by atoms with Crippen LogP contribution in [0, 0.1) is 31.1 Å². The van der Waals surface area contributed by atoms with E-state index < -0.39 is 0 Å². The number of pyridine rings is 2. The third kappa shape index (κ3) is 4.02. The lowest BCUT2D eigenvalue weighted by atomic mass is 9.95. The van der Waals surface area contributed by atoms with Crippen molar-refractivity contribution < 1.29 is 4.79 Å². The molecule has 0 aromatic carbocycles. The summed E-state index contributed by atoms with van der Waals surface area (Å²) in [4.78, 5) is 23.2. The van der Waals surface area contributed by atoms with Crippen LogP contribution >= 0.6 is 15.9 Å². The van der Waals surface area contributed by atoms with Crippen LogP contribution in [0.25, 0.3) is 0 Å². The van der Waals surface area contributed by atoms with E-state index in [2.05, 4.69) is 42.2 Å². The molecule has 1 fully saturated rings. The highest BCUT2D eigenvalue weighted by Crippen LogP contribution is 2.28. The largest absolute Gasteiger partial charge is 0.370 e. The fourth-order valence-corrected chi connectivity index (χ4v) is 3.49. The Bertz CT molecular complexity index is 851. The molecule has 1 aliphatic heterocycles. The van der Waals surface area contributed by atoms with Gasteiger partial charge in [0.1, 0.15) is 11.9 Å². The zero-order valence-electron chi connectivity index (χ0n) is 14.8. The molecule has 0 atom stereocenters. The molecule has 3 rings (SSSR count). The predicted molar refractivity (Wildman–Crippen MR) is 104 cm³/mol. The molecule has 2 aromatic rings. The molecule has 0 aliphatic carbocycles. The van der Waals surface area contributed by atoms with Gasteiger partial charge in [-0.3, -0.25) is 9.78 Å². The Balaban J connectivity index is 1.65. The molecule has 1 amide bonds. The van der Waals surface area contributed by atoms with Gasteiger partial charge < -0.3 is 10.2 Å². The van der Waals surface area contributed by atoms with Crippen molar-refractivity contribution in [2.24, 2.45) is 5.92 Å². The van der Waals surface area contributed by atoms with Crippen LogP contribution in [0.5, 0.6) is 0 Å². The zero-order chi connectivity index (χ0) is 18.7. The molecular formula is C19H20BrN5O. The molecule has 3 heterocycles. The number of rotatable bonds is 3. The van der Waals surface area contributed by atoms with Gasteiger partial charge in [0, 0.05) is 35.4 Å². The highest BCUT2D eigenvalue weighted by molar-refractivity contribution is 9.10. The molecule has 1 saturated heterocycles. The highest BCUT2D eigenvalue weighted by Gasteiger charge is 2.27. The lowest BCUT2D eigenvalue weighted by molar-refractivity contribution is -0.120. The second kappa shape index (κ2) is 7.83. The second-order valence-electron chi connectivity index (χ2n) is 6.47. The first-order chi connectivity index (χ1) is 12.5. The lowest BCUT2D eigenvalue weighted by Gasteiger charge is -2.33. The maximum Gasteiger partial charge on any atom is 0.228 e. The number of anilines is 2. The van der Waals surface area contributed by atoms with Crippen LogP contribution in [-0.2, 0) is 4.79 Å². The molecule has 6 nitrogen and oxygen atoms in total. The smallest absolute Gasteiger partial charge is 0.228 e. The summed E-state index contributed by atoms with van der Waals surface area (Å²) in [5.74, 6) is 0.515. The number of nitriles is 1. The molecule has 0 spiro atoms. The molecule has 1 aliphatic rings. The number of halogens is 1. The summed E-state index contributed by atoms with van der Waals surface area (Å²) in [5.41, 5.74) is 3.20. The van der Waals surface area contributed by atoms with Crippen LogP contribution in [-0.4, -0.2) is 29.0 Å². The molecular weight excluding hydrogens is 394 g/mol. The Kier molecular flexibility index (Phi) is 5.52. The minimum absolute atomic E-state index is 0.00192. The van der Waals surface area contributed by atoms with Crippen molar-refractivity contribution in [3.05, 3.63) is 45.8 Å². The summed E-state index contributed by atoms with van der Waals surface area (Å²) in [7, 11) is 0. The number of carbonyl (C=O) groups excluding carboxylic acids is 1. The highest BCUT2D eigenvalue weighted by atomic mass is 79.9. The Morgan fingerprint density at radius 3 is 2.69 bits per heavy atom. The van der Waals surface area contributed by atoms with Crippen LogP contribution in [0.1, 0.15) is 29.8 Å². The molecule has 7 heteroatoms. The number of hydrogen-bond acceptors (Lipinski definition) is 5. The molecule has 0 saturated carbocycles. The van der Waals surface area contributed by atoms with Crippen LogP contribution in [0.4, 0.5) is 11.5 Å². The van der Waals surface area contributed by atoms with Gasteiger partial charge in [-0.15, -0.1) is 0 Å². The Labute approximate surface area is 161 Å². The first kappa shape index (κ1) is 18.3. The Morgan fingerprint density at radius 1 is 1.35 bits per heavy atom. The van der Waals surface area contributed by atoms with Crippen molar-refractivity contribution in [3.63, 3.8) is 0 Å². The second-order valence-corrected chi connectivity index (χ2v) is 7.38. The molecule has 2 aromatic heterocycles. The van der Waals surface area contributed by atoms with Crippen molar-refractivity contribution in [3.8, 4) is 6.07 Å². The summed E-state index contributed by atoms with van der Waals surface area (Å²) in [6, 6.07) is 7.85. The fourth-order valence-electron chi connectivity index (χ4n) is 3.26. The van der Waals surface area contributed by atoms with E-state index in [1.165, 1.54) is 0 Å². The molecule has 0 unspecified atom stereocenters. The topological polar surface area (TPSA) is 81.9 Å². The Hall–Kier alpha value is -2.46. The summed E-state index contributed by atoms with van der Waals surface area (Å²) in [5, 5.41) is 12.3. The SMILES string of the molecule is Cc1cc(N2CCC(C(=O)Nc3ccc(Br)cn3)CC2)c(C#N)c(C)n1. The van der Waals surface area contributed by atoms with Crippen LogP contribution in [0.15, 0.2) is 28.9 Å². The lowest BCUT2D eigenvalue weighted by Crippen LogP contribution is -2.38. The Morgan fingerprint density at radius 2 is 2.08 bits per heavy atom. The van der Waals surface area contributed by atoms with Gasteiger partial charge in [-0.25, -0.2) is 4.98 Å². The molecule has 0 radical (unpaired) electrons. The molecule has 26 heavy (non-hydrogen) atoms. The normalized spacial score (nSPS) is 14.8. The number of aryl methyl sites for hydroxylation is 2. The van der Waals surface area contributed by atoms with E-state index in [0.29, 0.717) is 11.4 Å². The summed E-state index contributed by atoms with van der Waals surface area (Å²) in [6.07, 6.45) is 3.15. The first-order valence-electron chi connectivity index (χ1n) is 8.53. The van der Waals surface area contributed by atoms with E-state index in [0.717, 1.165) is 47.5 Å². The first-order valence-corrected chi connectivity index (χ1v) is 9.33. The van der Waals surface area contributed by atoms with Gasteiger partial charge in [-0.05, 0) is 60.8 Å². The third-order valence-corrected chi connectivity index (χ3v) is 5.07. The monoisotopic (exact) mass is 413 g/mol. The third-order valence-electron chi connectivity index (χ3n) is 4.60. The van der Waals surface area contributed by atoms with Crippen LogP contribution < -0.4 is 10.2 Å². The summed E-state index contributed by atoms with van der Waals surface area (Å²) < 4.78 is 0.875. The van der Waals surface area contributed by atoms with Crippen LogP contribution in [0.3, 0.4) is 0 Å². The number of nitrogens with one attached hydrogen (secondary N) is 1. The van der Waals surface area contributed by atoms with Gasteiger partial charge in [0.05, 0.1) is 16.9 Å². The van der Waals surface area contributed by atoms with Gasteiger partial charge in [0.15, 0.2) is 0 Å². The minimum atomic E-state index is -0.0498. The van der Waals surface area contributed by atoms with Gasteiger partial charge in [0.25, 0.3) is 0 Å². The van der Waals surface area contributed by atoms with E-state index in [1.807, 2.05) is 26.0 Å². The van der Waals surface area contributed by atoms with Crippen molar-refractivity contribution in [2.45, 2.75) is 26.7 Å². The number of hydrogen-bond donors (Lipinski definition) is 1. The maximum atomic E-state index is 12.5. The van der Waals surface area contributed by atoms with E-state index in [-0.39, 0.29) is 11.8 Å². The van der Waals surface area contributed by atoms with Crippen molar-refractivity contribution in [1.82, 2.24) is 9.97 Å².